The van der Waals surface area contributed by atoms with Crippen molar-refractivity contribution in [2.45, 2.75) is 64.2 Å². The van der Waals surface area contributed by atoms with E-state index in [9.17, 15) is 0 Å². The third-order valence-corrected chi connectivity index (χ3v) is 17.6. The molecular weight excluding hydrogens is 1000 g/mol. The Hall–Kier alpha value is -6.04. The van der Waals surface area contributed by atoms with Crippen LogP contribution >= 0.6 is 54.5 Å². The van der Waals surface area contributed by atoms with E-state index in [4.69, 9.17) is 9.97 Å². The number of rotatable bonds is 2. The molecule has 68 heavy (non-hydrogen) atoms. The topological polar surface area (TPSA) is 58.0 Å². The number of halogens is 2. The summed E-state index contributed by atoms with van der Waals surface area (Å²) in [5.41, 5.74) is 19.5. The van der Waals surface area contributed by atoms with Gasteiger partial charge < -0.3 is 0 Å². The fourth-order valence-electron chi connectivity index (χ4n) is 10.6. The number of nitrogens with zero attached hydrogens (tertiary/aromatic N) is 6. The molecule has 4 aromatic heterocycles. The zero-order valence-electron chi connectivity index (χ0n) is 38.6. The van der Waals surface area contributed by atoms with Gasteiger partial charge in [-0.05, 0) is 107 Å². The number of benzene rings is 6. The van der Waals surface area contributed by atoms with Crippen LogP contribution in [0.25, 0.3) is 22.1 Å². The van der Waals surface area contributed by atoms with Gasteiger partial charge in [0.1, 0.15) is 32.1 Å². The van der Waals surface area contributed by atoms with E-state index in [0.29, 0.717) is 0 Å². The lowest BCUT2D eigenvalue weighted by molar-refractivity contribution is 0.610. The lowest BCUT2D eigenvalue weighted by Gasteiger charge is -2.42. The number of anilines is 6. The summed E-state index contributed by atoms with van der Waals surface area (Å²) in [6.07, 6.45) is 8.08. The second-order valence-corrected chi connectivity index (χ2v) is 23.6. The zero-order valence-corrected chi connectivity index (χ0v) is 43.4. The molecule has 336 valence electrons. The van der Waals surface area contributed by atoms with Gasteiger partial charge >= 0.3 is 0 Å². The standard InChI is InChI=1S/C36H30N4S.C16H16.C6H2Br2N2S/c1-35(2)23-13-5-9-17-27(23)39(28-18-10-6-14-24(28)35)33-31-32(38-22-21-37-31)34(41-33)40-29-19-11-7-15-25(29)36(3,4)26-16-8-12-20-30(26)40;1-16(2)14-9-5-3-7-12(14)11-13-8-4-6-10-15(13)16;7-5-3-4(6(8)11-5)10-2-1-9-3/h5-22H,1-4H3;3-10H,11H2,1-2H3;1-2H. The fraction of sp³-hybridized carbons (Fsp3) is 0.172. The van der Waals surface area contributed by atoms with Gasteiger partial charge in [-0.1, -0.05) is 174 Å². The lowest BCUT2D eigenvalue weighted by Crippen LogP contribution is -2.30. The number of fused-ring (bicyclic) bond motifs is 8. The van der Waals surface area contributed by atoms with E-state index >= 15 is 0 Å². The van der Waals surface area contributed by atoms with E-state index in [0.717, 1.165) is 46.1 Å². The largest absolute Gasteiger partial charge is 0.299 e. The lowest BCUT2D eigenvalue weighted by atomic mass is 9.69. The van der Waals surface area contributed by atoms with Gasteiger partial charge in [0, 0.05) is 41.0 Å². The van der Waals surface area contributed by atoms with E-state index < -0.39 is 0 Å². The van der Waals surface area contributed by atoms with E-state index in [1.807, 2.05) is 12.4 Å². The molecule has 0 N–H and O–H groups in total. The number of hydrogen-bond donors (Lipinski definition) is 0. The Labute approximate surface area is 422 Å². The van der Waals surface area contributed by atoms with Crippen molar-refractivity contribution in [1.82, 2.24) is 19.9 Å². The van der Waals surface area contributed by atoms with Crippen molar-refractivity contribution in [1.29, 1.82) is 0 Å². The van der Waals surface area contributed by atoms with Crippen molar-refractivity contribution in [3.05, 3.63) is 222 Å². The highest BCUT2D eigenvalue weighted by Crippen LogP contribution is 2.59. The molecule has 0 atom stereocenters. The molecule has 2 aliphatic heterocycles. The normalized spacial score (nSPS) is 15.3. The molecule has 10 aromatic rings. The molecule has 13 rings (SSSR count). The minimum absolute atomic E-state index is 0.123. The van der Waals surface area contributed by atoms with Crippen molar-refractivity contribution in [2.24, 2.45) is 0 Å². The first-order chi connectivity index (χ1) is 32.9. The van der Waals surface area contributed by atoms with Gasteiger partial charge in [0.05, 0.1) is 30.3 Å². The molecule has 0 saturated heterocycles. The van der Waals surface area contributed by atoms with E-state index in [1.54, 1.807) is 35.1 Å². The first-order valence-electron chi connectivity index (χ1n) is 22.8. The molecule has 0 spiro atoms. The predicted octanol–water partition coefficient (Wildman–Crippen LogP) is 17.0. The van der Waals surface area contributed by atoms with Gasteiger partial charge in [-0.2, -0.15) is 0 Å². The first kappa shape index (κ1) is 44.5. The average molecular weight is 1050 g/mol. The third kappa shape index (κ3) is 7.22. The van der Waals surface area contributed by atoms with E-state index in [2.05, 4.69) is 239 Å². The quantitative estimate of drug-likeness (QED) is 0.172. The van der Waals surface area contributed by atoms with Crippen LogP contribution in [0.3, 0.4) is 0 Å². The Kier molecular flexibility index (Phi) is 11.2. The SMILES string of the molecule is Brc1sc(Br)c2nccnc12.CC1(C)c2ccccc2Cc2ccccc21.CC1(C)c2ccccc2N(c2sc(N3c4ccccc4C(C)(C)c4ccccc43)c3nccnc23)c2ccccc21. The van der Waals surface area contributed by atoms with Crippen molar-refractivity contribution < 1.29 is 0 Å². The summed E-state index contributed by atoms with van der Waals surface area (Å²) in [6, 6.07) is 52.8. The highest BCUT2D eigenvalue weighted by atomic mass is 79.9. The van der Waals surface area contributed by atoms with Crippen LogP contribution in [-0.4, -0.2) is 19.9 Å². The van der Waals surface area contributed by atoms with Gasteiger partial charge in [-0.25, -0.2) is 9.97 Å². The van der Waals surface area contributed by atoms with Gasteiger partial charge in [-0.15, -0.1) is 11.3 Å². The molecule has 6 heterocycles. The molecule has 6 nitrogen and oxygen atoms in total. The van der Waals surface area contributed by atoms with E-state index in [-0.39, 0.29) is 16.2 Å². The Morgan fingerprint density at radius 1 is 0.368 bits per heavy atom. The minimum atomic E-state index is -0.123. The van der Waals surface area contributed by atoms with Crippen LogP contribution in [-0.2, 0) is 22.7 Å². The number of para-hydroxylation sites is 4. The first-order valence-corrected chi connectivity index (χ1v) is 26.0. The van der Waals surface area contributed by atoms with Crippen molar-refractivity contribution in [3.63, 3.8) is 0 Å². The van der Waals surface area contributed by atoms with Crippen LogP contribution in [0.5, 0.6) is 0 Å². The molecular formula is C58H48Br2N6S2. The fourth-order valence-corrected chi connectivity index (χ4v) is 14.7. The maximum absolute atomic E-state index is 4.97. The number of hydrogen-bond acceptors (Lipinski definition) is 8. The molecule has 0 bridgehead atoms. The molecule has 1 aliphatic carbocycles. The molecule has 0 amide bonds. The summed E-state index contributed by atoms with van der Waals surface area (Å²) in [4.78, 5) is 23.1. The number of aromatic nitrogens is 4. The Balaban J connectivity index is 0.000000152. The summed E-state index contributed by atoms with van der Waals surface area (Å²) >= 11 is 10.2. The van der Waals surface area contributed by atoms with Gasteiger partial charge in [-0.3, -0.25) is 19.8 Å². The van der Waals surface area contributed by atoms with Crippen molar-refractivity contribution in [2.75, 3.05) is 9.80 Å². The summed E-state index contributed by atoms with van der Waals surface area (Å²) in [5, 5.41) is 2.16. The maximum atomic E-state index is 4.97. The van der Waals surface area contributed by atoms with Gasteiger partial charge in [0.2, 0.25) is 0 Å². The van der Waals surface area contributed by atoms with E-state index in [1.165, 1.54) is 67.3 Å². The Morgan fingerprint density at radius 3 is 1.00 bits per heavy atom. The average Bonchev–Trinajstić information content (AvgIpc) is 3.88. The predicted molar refractivity (Wildman–Crippen MR) is 292 cm³/mol. The van der Waals surface area contributed by atoms with Crippen LogP contribution in [0.1, 0.15) is 86.1 Å². The monoisotopic (exact) mass is 1050 g/mol. The van der Waals surface area contributed by atoms with Crippen LogP contribution in [0.15, 0.2) is 178 Å². The highest BCUT2D eigenvalue weighted by Gasteiger charge is 2.41. The molecule has 3 aliphatic rings. The summed E-state index contributed by atoms with van der Waals surface area (Å²) < 4.78 is 2.04. The molecule has 6 aromatic carbocycles. The second kappa shape index (κ2) is 17.2. The highest BCUT2D eigenvalue weighted by molar-refractivity contribution is 9.12. The summed E-state index contributed by atoms with van der Waals surface area (Å²) in [5.74, 6) is 0. The Morgan fingerprint density at radius 2 is 0.647 bits per heavy atom. The number of thiophene rings is 2. The zero-order chi connectivity index (χ0) is 47.0. The van der Waals surface area contributed by atoms with Crippen molar-refractivity contribution in [3.8, 4) is 0 Å². The third-order valence-electron chi connectivity index (χ3n) is 14.0. The second-order valence-electron chi connectivity index (χ2n) is 19.0. The maximum Gasteiger partial charge on any atom is 0.131 e. The van der Waals surface area contributed by atoms with Crippen LogP contribution in [0, 0.1) is 0 Å². The molecule has 0 unspecified atom stereocenters. The molecule has 0 fully saturated rings. The minimum Gasteiger partial charge on any atom is -0.299 e. The summed E-state index contributed by atoms with van der Waals surface area (Å²) in [7, 11) is 0. The van der Waals surface area contributed by atoms with Crippen molar-refractivity contribution >= 4 is 109 Å². The van der Waals surface area contributed by atoms with Crippen LogP contribution < -0.4 is 9.80 Å². The van der Waals surface area contributed by atoms with Gasteiger partial charge in [0.25, 0.3) is 0 Å². The molecule has 0 radical (unpaired) electrons. The smallest absolute Gasteiger partial charge is 0.131 e. The molecule has 10 heteroatoms. The Bertz CT molecular complexity index is 3230. The summed E-state index contributed by atoms with van der Waals surface area (Å²) in [6.45, 7) is 13.9. The molecule has 0 saturated carbocycles. The van der Waals surface area contributed by atoms with Crippen LogP contribution in [0.4, 0.5) is 32.8 Å². The van der Waals surface area contributed by atoms with Gasteiger partial charge in [0.15, 0.2) is 0 Å². The van der Waals surface area contributed by atoms with Crippen LogP contribution in [0.2, 0.25) is 0 Å².